The van der Waals surface area contributed by atoms with Crippen molar-refractivity contribution >= 4 is 17.0 Å². The molecule has 1 fully saturated rings. The summed E-state index contributed by atoms with van der Waals surface area (Å²) in [6.07, 6.45) is 5.37. The Balaban J connectivity index is 2.01. The Morgan fingerprint density at radius 3 is 2.17 bits per heavy atom. The lowest BCUT2D eigenvalue weighted by Crippen LogP contribution is -2.42. The average molecular weight is 266 g/mol. The number of hydrogen-bond acceptors (Lipinski definition) is 3. The van der Waals surface area contributed by atoms with Crippen LogP contribution >= 0.6 is 11.3 Å². The van der Waals surface area contributed by atoms with E-state index in [-0.39, 0.29) is 0 Å². The molecule has 1 aliphatic carbocycles. The van der Waals surface area contributed by atoms with E-state index in [1.54, 1.807) is 0 Å². The van der Waals surface area contributed by atoms with Gasteiger partial charge in [-0.2, -0.15) is 0 Å². The molecule has 2 nitrogen and oxygen atoms in total. The molecule has 3 heteroatoms. The SMILES string of the molecule is CCN(c1cscc1C)C1CCC(N(C)C)CC1. The third-order valence-corrected chi connectivity index (χ3v) is 5.16. The summed E-state index contributed by atoms with van der Waals surface area (Å²) in [4.78, 5) is 5.01. The van der Waals surface area contributed by atoms with Gasteiger partial charge in [0.25, 0.3) is 0 Å². The van der Waals surface area contributed by atoms with Gasteiger partial charge in [-0.05, 0) is 64.6 Å². The van der Waals surface area contributed by atoms with Crippen LogP contribution in [0.5, 0.6) is 0 Å². The van der Waals surface area contributed by atoms with E-state index >= 15 is 0 Å². The molecule has 1 heterocycles. The molecule has 0 bridgehead atoms. The molecular weight excluding hydrogens is 240 g/mol. The number of nitrogens with zero attached hydrogens (tertiary/aromatic N) is 2. The van der Waals surface area contributed by atoms with Crippen molar-refractivity contribution in [2.45, 2.75) is 51.6 Å². The zero-order valence-corrected chi connectivity index (χ0v) is 13.0. The van der Waals surface area contributed by atoms with Crippen LogP contribution in [0.1, 0.15) is 38.2 Å². The number of anilines is 1. The summed E-state index contributed by atoms with van der Waals surface area (Å²) in [5.41, 5.74) is 2.91. The van der Waals surface area contributed by atoms with Crippen LogP contribution < -0.4 is 4.90 Å². The van der Waals surface area contributed by atoms with Gasteiger partial charge in [0.05, 0.1) is 5.69 Å². The molecule has 18 heavy (non-hydrogen) atoms. The highest BCUT2D eigenvalue weighted by molar-refractivity contribution is 7.08. The minimum atomic E-state index is 0.750. The molecule has 0 amide bonds. The van der Waals surface area contributed by atoms with Gasteiger partial charge in [-0.25, -0.2) is 0 Å². The number of aryl methyl sites for hydroxylation is 1. The van der Waals surface area contributed by atoms with Crippen molar-refractivity contribution in [1.82, 2.24) is 4.90 Å². The van der Waals surface area contributed by atoms with Crippen molar-refractivity contribution in [3.63, 3.8) is 0 Å². The van der Waals surface area contributed by atoms with Gasteiger partial charge in [0.2, 0.25) is 0 Å². The van der Waals surface area contributed by atoms with Crippen molar-refractivity contribution in [3.8, 4) is 0 Å². The highest BCUT2D eigenvalue weighted by atomic mass is 32.1. The molecule has 0 radical (unpaired) electrons. The van der Waals surface area contributed by atoms with Gasteiger partial charge in [0.1, 0.15) is 0 Å². The molecular formula is C15H26N2S. The zero-order valence-electron chi connectivity index (χ0n) is 12.1. The summed E-state index contributed by atoms with van der Waals surface area (Å²) in [6, 6.07) is 1.54. The Kier molecular flexibility index (Phi) is 4.68. The van der Waals surface area contributed by atoms with E-state index < -0.39 is 0 Å². The Morgan fingerprint density at radius 2 is 1.72 bits per heavy atom. The number of rotatable bonds is 4. The van der Waals surface area contributed by atoms with Crippen molar-refractivity contribution in [1.29, 1.82) is 0 Å². The lowest BCUT2D eigenvalue weighted by molar-refractivity contribution is 0.214. The van der Waals surface area contributed by atoms with E-state index in [2.05, 4.69) is 48.5 Å². The van der Waals surface area contributed by atoms with E-state index in [0.717, 1.165) is 18.6 Å². The quantitative estimate of drug-likeness (QED) is 0.819. The average Bonchev–Trinajstić information content (AvgIpc) is 2.78. The highest BCUT2D eigenvalue weighted by Crippen LogP contribution is 2.32. The van der Waals surface area contributed by atoms with Crippen molar-refractivity contribution in [3.05, 3.63) is 16.3 Å². The third kappa shape index (κ3) is 2.89. The molecule has 1 aromatic heterocycles. The van der Waals surface area contributed by atoms with Gasteiger partial charge >= 0.3 is 0 Å². The van der Waals surface area contributed by atoms with Crippen LogP contribution in [0.3, 0.4) is 0 Å². The van der Waals surface area contributed by atoms with Gasteiger partial charge in [0.15, 0.2) is 0 Å². The van der Waals surface area contributed by atoms with Gasteiger partial charge in [-0.3, -0.25) is 0 Å². The van der Waals surface area contributed by atoms with Gasteiger partial charge in [-0.15, -0.1) is 11.3 Å². The van der Waals surface area contributed by atoms with E-state index in [0.29, 0.717) is 0 Å². The monoisotopic (exact) mass is 266 g/mol. The minimum Gasteiger partial charge on any atom is -0.368 e. The van der Waals surface area contributed by atoms with E-state index in [9.17, 15) is 0 Å². The van der Waals surface area contributed by atoms with Crippen LogP contribution in [0.15, 0.2) is 10.8 Å². The Hall–Kier alpha value is -0.540. The second kappa shape index (κ2) is 6.07. The molecule has 1 aromatic rings. The first-order valence-corrected chi connectivity index (χ1v) is 8.03. The van der Waals surface area contributed by atoms with Crippen LogP contribution in [-0.4, -0.2) is 37.6 Å². The molecule has 0 N–H and O–H groups in total. The van der Waals surface area contributed by atoms with Crippen LogP contribution in [0.2, 0.25) is 0 Å². The lowest BCUT2D eigenvalue weighted by atomic mass is 9.89. The molecule has 2 rings (SSSR count). The van der Waals surface area contributed by atoms with Crippen LogP contribution in [0.4, 0.5) is 5.69 Å². The van der Waals surface area contributed by atoms with Crippen LogP contribution in [-0.2, 0) is 0 Å². The predicted molar refractivity (Wildman–Crippen MR) is 81.8 cm³/mol. The maximum atomic E-state index is 2.62. The Bertz CT molecular complexity index is 364. The van der Waals surface area contributed by atoms with Crippen LogP contribution in [0.25, 0.3) is 0 Å². The third-order valence-electron chi connectivity index (χ3n) is 4.32. The standard InChI is InChI=1S/C15H26N2S/c1-5-17(15-11-18-10-12(15)2)14-8-6-13(7-9-14)16(3)4/h10-11,13-14H,5-9H2,1-4H3. The molecule has 0 saturated heterocycles. The Morgan fingerprint density at radius 1 is 1.11 bits per heavy atom. The van der Waals surface area contributed by atoms with E-state index in [1.807, 2.05) is 11.3 Å². The molecule has 0 atom stereocenters. The summed E-state index contributed by atoms with van der Waals surface area (Å²) >= 11 is 1.83. The molecule has 0 aliphatic heterocycles. The minimum absolute atomic E-state index is 0.750. The van der Waals surface area contributed by atoms with Crippen molar-refractivity contribution in [2.75, 3.05) is 25.5 Å². The first-order valence-electron chi connectivity index (χ1n) is 7.09. The summed E-state index contributed by atoms with van der Waals surface area (Å²) < 4.78 is 0. The number of thiophene rings is 1. The smallest absolute Gasteiger partial charge is 0.0506 e. The molecule has 102 valence electrons. The summed E-state index contributed by atoms with van der Waals surface area (Å²) in [6.45, 7) is 5.66. The zero-order chi connectivity index (χ0) is 13.1. The molecule has 1 saturated carbocycles. The second-order valence-corrected chi connectivity index (χ2v) is 6.40. The maximum Gasteiger partial charge on any atom is 0.0506 e. The Labute approximate surface area is 116 Å². The molecule has 0 spiro atoms. The molecule has 1 aliphatic rings. The van der Waals surface area contributed by atoms with Crippen molar-refractivity contribution < 1.29 is 0 Å². The van der Waals surface area contributed by atoms with E-state index in [4.69, 9.17) is 0 Å². The topological polar surface area (TPSA) is 6.48 Å². The first kappa shape index (κ1) is 13.9. The fourth-order valence-electron chi connectivity index (χ4n) is 3.16. The fraction of sp³-hybridized carbons (Fsp3) is 0.733. The van der Waals surface area contributed by atoms with Crippen LogP contribution in [0, 0.1) is 6.92 Å². The molecule has 0 unspecified atom stereocenters. The second-order valence-electron chi connectivity index (χ2n) is 5.65. The predicted octanol–water partition coefficient (Wildman–Crippen LogP) is 3.76. The number of hydrogen-bond donors (Lipinski definition) is 0. The van der Waals surface area contributed by atoms with Gasteiger partial charge < -0.3 is 9.80 Å². The summed E-state index contributed by atoms with van der Waals surface area (Å²) in [7, 11) is 4.43. The summed E-state index contributed by atoms with van der Waals surface area (Å²) in [5, 5.41) is 4.58. The normalized spacial score (nSPS) is 24.5. The summed E-state index contributed by atoms with van der Waals surface area (Å²) in [5.74, 6) is 0. The van der Waals surface area contributed by atoms with Crippen molar-refractivity contribution in [2.24, 2.45) is 0 Å². The first-order chi connectivity index (χ1) is 8.63. The fourth-order valence-corrected chi connectivity index (χ4v) is 4.00. The largest absolute Gasteiger partial charge is 0.368 e. The van der Waals surface area contributed by atoms with Gasteiger partial charge in [0, 0.05) is 24.0 Å². The lowest BCUT2D eigenvalue weighted by Gasteiger charge is -2.39. The highest BCUT2D eigenvalue weighted by Gasteiger charge is 2.26. The molecule has 0 aromatic carbocycles. The van der Waals surface area contributed by atoms with Gasteiger partial charge in [-0.1, -0.05) is 0 Å². The van der Waals surface area contributed by atoms with E-state index in [1.165, 1.54) is 36.9 Å². The maximum absolute atomic E-state index is 2.62.